The monoisotopic (exact) mass is 431 g/mol. The van der Waals surface area contributed by atoms with Crippen LogP contribution in [0.3, 0.4) is 0 Å². The van der Waals surface area contributed by atoms with Crippen molar-refractivity contribution in [3.8, 4) is 16.9 Å². The number of hydrogen-bond acceptors (Lipinski definition) is 4. The van der Waals surface area contributed by atoms with Crippen LogP contribution in [0.25, 0.3) is 22.1 Å². The van der Waals surface area contributed by atoms with Gasteiger partial charge in [-0.1, -0.05) is 53.6 Å². The first-order chi connectivity index (χ1) is 15.0. The van der Waals surface area contributed by atoms with Gasteiger partial charge in [-0.3, -0.25) is 4.90 Å². The van der Waals surface area contributed by atoms with Gasteiger partial charge in [0.2, 0.25) is 0 Å². The van der Waals surface area contributed by atoms with Crippen molar-refractivity contribution in [3.63, 3.8) is 0 Å². The Morgan fingerprint density at radius 2 is 1.71 bits per heavy atom. The molecule has 0 unspecified atom stereocenters. The van der Waals surface area contributed by atoms with Crippen LogP contribution < -0.4 is 10.4 Å². The van der Waals surface area contributed by atoms with Gasteiger partial charge in [0.1, 0.15) is 18.1 Å². The van der Waals surface area contributed by atoms with E-state index in [9.17, 15) is 4.79 Å². The molecule has 0 N–H and O–H groups in total. The molecule has 1 aliphatic rings. The number of nitrogens with zero attached hydrogens (tertiary/aromatic N) is 1. The molecule has 156 valence electrons. The van der Waals surface area contributed by atoms with E-state index >= 15 is 0 Å². The molecule has 0 fully saturated rings. The summed E-state index contributed by atoms with van der Waals surface area (Å²) in [5, 5.41) is 1.55. The molecule has 31 heavy (non-hydrogen) atoms. The zero-order valence-corrected chi connectivity index (χ0v) is 18.2. The van der Waals surface area contributed by atoms with E-state index in [1.54, 1.807) is 12.1 Å². The Bertz CT molecular complexity index is 1320. The van der Waals surface area contributed by atoms with Crippen molar-refractivity contribution in [2.75, 3.05) is 6.73 Å². The lowest BCUT2D eigenvalue weighted by atomic mass is 9.97. The highest BCUT2D eigenvalue weighted by atomic mass is 35.5. The van der Waals surface area contributed by atoms with Crippen molar-refractivity contribution < 1.29 is 9.15 Å². The molecular formula is C26H22ClNO3. The lowest BCUT2D eigenvalue weighted by molar-refractivity contribution is 0.0889. The minimum Gasteiger partial charge on any atom is -0.478 e. The summed E-state index contributed by atoms with van der Waals surface area (Å²) < 4.78 is 11.9. The Kier molecular flexibility index (Phi) is 5.05. The maximum Gasteiger partial charge on any atom is 0.344 e. The fraction of sp³-hybridized carbons (Fsp3) is 0.192. The summed E-state index contributed by atoms with van der Waals surface area (Å²) in [5.74, 6) is 0.773. The predicted molar refractivity (Wildman–Crippen MR) is 124 cm³/mol. The second kappa shape index (κ2) is 7.88. The third-order valence-corrected chi connectivity index (χ3v) is 6.09. The molecule has 0 aliphatic carbocycles. The maximum atomic E-state index is 13.0. The summed E-state index contributed by atoms with van der Waals surface area (Å²) >= 11 is 6.01. The van der Waals surface area contributed by atoms with E-state index < -0.39 is 0 Å². The van der Waals surface area contributed by atoms with Crippen LogP contribution in [-0.4, -0.2) is 11.6 Å². The number of rotatable bonds is 3. The molecule has 0 saturated carbocycles. The summed E-state index contributed by atoms with van der Waals surface area (Å²) in [6.45, 7) is 5.96. The largest absolute Gasteiger partial charge is 0.478 e. The van der Waals surface area contributed by atoms with Gasteiger partial charge in [-0.05, 0) is 54.8 Å². The first-order valence-corrected chi connectivity index (χ1v) is 10.6. The molecule has 4 nitrogen and oxygen atoms in total. The molecule has 5 rings (SSSR count). The van der Waals surface area contributed by atoms with Crippen molar-refractivity contribution in [3.05, 3.63) is 98.4 Å². The Labute approximate surface area is 185 Å². The molecule has 4 aromatic rings. The highest BCUT2D eigenvalue weighted by molar-refractivity contribution is 6.30. The zero-order valence-electron chi connectivity index (χ0n) is 17.4. The molecular weight excluding hydrogens is 410 g/mol. The van der Waals surface area contributed by atoms with Crippen LogP contribution in [-0.2, 0) is 13.1 Å². The third kappa shape index (κ3) is 3.73. The lowest BCUT2D eigenvalue weighted by Gasteiger charge is -2.29. The molecule has 5 heteroatoms. The first kappa shape index (κ1) is 19.9. The summed E-state index contributed by atoms with van der Waals surface area (Å²) in [7, 11) is 0. The molecule has 0 amide bonds. The third-order valence-electron chi connectivity index (χ3n) is 5.84. The van der Waals surface area contributed by atoms with Gasteiger partial charge in [0, 0.05) is 23.5 Å². The average molecular weight is 432 g/mol. The number of halogens is 1. The summed E-state index contributed by atoms with van der Waals surface area (Å²) in [4.78, 5) is 15.2. The van der Waals surface area contributed by atoms with Gasteiger partial charge < -0.3 is 9.15 Å². The van der Waals surface area contributed by atoms with Gasteiger partial charge in [-0.25, -0.2) is 4.79 Å². The number of hydrogen-bond donors (Lipinski definition) is 0. The molecule has 3 aromatic carbocycles. The average Bonchev–Trinajstić information content (AvgIpc) is 2.76. The van der Waals surface area contributed by atoms with Gasteiger partial charge in [0.05, 0.1) is 11.1 Å². The van der Waals surface area contributed by atoms with Crippen LogP contribution in [0.15, 0.2) is 69.9 Å². The number of ether oxygens (including phenoxy) is 1. The van der Waals surface area contributed by atoms with Gasteiger partial charge in [-0.2, -0.15) is 0 Å². The van der Waals surface area contributed by atoms with Gasteiger partial charge >= 0.3 is 5.63 Å². The zero-order chi connectivity index (χ0) is 21.5. The molecule has 0 bridgehead atoms. The SMILES string of the molecule is Cc1ccc(CN2COc3ccc4c(C)c(-c5ccc(Cl)cc5)c(=O)oc4c3C2)cc1. The van der Waals surface area contributed by atoms with Gasteiger partial charge in [-0.15, -0.1) is 0 Å². The molecule has 0 spiro atoms. The molecule has 0 atom stereocenters. The summed E-state index contributed by atoms with van der Waals surface area (Å²) in [6.07, 6.45) is 0. The van der Waals surface area contributed by atoms with Crippen LogP contribution in [0.1, 0.15) is 22.3 Å². The second-order valence-corrected chi connectivity index (χ2v) is 8.50. The molecule has 0 radical (unpaired) electrons. The number of fused-ring (bicyclic) bond motifs is 3. The Balaban J connectivity index is 1.55. The molecule has 0 saturated heterocycles. The van der Waals surface area contributed by atoms with Gasteiger partial charge in [0.15, 0.2) is 0 Å². The van der Waals surface area contributed by atoms with Crippen molar-refractivity contribution in [2.24, 2.45) is 0 Å². The smallest absolute Gasteiger partial charge is 0.344 e. The van der Waals surface area contributed by atoms with E-state index in [2.05, 4.69) is 36.1 Å². The minimum absolute atomic E-state index is 0.351. The molecule has 1 aliphatic heterocycles. The summed E-state index contributed by atoms with van der Waals surface area (Å²) in [5.41, 5.74) is 5.89. The topological polar surface area (TPSA) is 42.7 Å². The van der Waals surface area contributed by atoms with E-state index in [4.69, 9.17) is 20.8 Å². The van der Waals surface area contributed by atoms with Gasteiger partial charge in [0.25, 0.3) is 0 Å². The predicted octanol–water partition coefficient (Wildman–Crippen LogP) is 6.08. The van der Waals surface area contributed by atoms with E-state index in [0.717, 1.165) is 34.4 Å². The van der Waals surface area contributed by atoms with Crippen LogP contribution >= 0.6 is 11.6 Å². The van der Waals surface area contributed by atoms with E-state index in [-0.39, 0.29) is 5.63 Å². The van der Waals surface area contributed by atoms with E-state index in [1.165, 1.54) is 11.1 Å². The fourth-order valence-corrected chi connectivity index (χ4v) is 4.30. The van der Waals surface area contributed by atoms with E-state index in [1.807, 2.05) is 31.2 Å². The Hall–Kier alpha value is -3.08. The fourth-order valence-electron chi connectivity index (χ4n) is 4.17. The Morgan fingerprint density at radius 3 is 2.45 bits per heavy atom. The highest BCUT2D eigenvalue weighted by Gasteiger charge is 2.23. The molecule has 2 heterocycles. The summed E-state index contributed by atoms with van der Waals surface area (Å²) in [6, 6.07) is 19.7. The van der Waals surface area contributed by atoms with Crippen molar-refractivity contribution >= 4 is 22.6 Å². The number of benzene rings is 3. The quantitative estimate of drug-likeness (QED) is 0.368. The van der Waals surface area contributed by atoms with E-state index in [0.29, 0.717) is 29.4 Å². The Morgan fingerprint density at radius 1 is 0.968 bits per heavy atom. The second-order valence-electron chi connectivity index (χ2n) is 8.06. The van der Waals surface area contributed by atoms with Crippen LogP contribution in [0, 0.1) is 13.8 Å². The first-order valence-electron chi connectivity index (χ1n) is 10.3. The van der Waals surface area contributed by atoms with Crippen molar-refractivity contribution in [1.82, 2.24) is 4.90 Å². The van der Waals surface area contributed by atoms with Crippen LogP contribution in [0.2, 0.25) is 5.02 Å². The van der Waals surface area contributed by atoms with Crippen molar-refractivity contribution in [1.29, 1.82) is 0 Å². The lowest BCUT2D eigenvalue weighted by Crippen LogP contribution is -2.31. The minimum atomic E-state index is -0.351. The van der Waals surface area contributed by atoms with Crippen LogP contribution in [0.5, 0.6) is 5.75 Å². The number of aryl methyl sites for hydroxylation is 2. The van der Waals surface area contributed by atoms with Crippen molar-refractivity contribution in [2.45, 2.75) is 26.9 Å². The van der Waals surface area contributed by atoms with Crippen LogP contribution in [0.4, 0.5) is 0 Å². The standard InChI is InChI=1S/C26H22ClNO3/c1-16-3-5-18(6-4-16)13-28-14-22-23(30-15-28)12-11-21-17(2)24(26(29)31-25(21)22)19-7-9-20(27)10-8-19/h3-12H,13-15H2,1-2H3. The molecule has 1 aromatic heterocycles. The highest BCUT2D eigenvalue weighted by Crippen LogP contribution is 2.36. The normalized spacial score (nSPS) is 13.8. The maximum absolute atomic E-state index is 13.0.